The van der Waals surface area contributed by atoms with Gasteiger partial charge in [0.05, 0.1) is 15.9 Å². The molecule has 2 heterocycles. The lowest BCUT2D eigenvalue weighted by Crippen LogP contribution is -2.32. The Kier molecular flexibility index (Phi) is 3.80. The summed E-state index contributed by atoms with van der Waals surface area (Å²) in [5, 5.41) is 0. The van der Waals surface area contributed by atoms with Crippen molar-refractivity contribution in [2.24, 2.45) is 0 Å². The minimum Gasteiger partial charge on any atom is -0.356 e. The van der Waals surface area contributed by atoms with Gasteiger partial charge in [0, 0.05) is 20.1 Å². The van der Waals surface area contributed by atoms with Crippen molar-refractivity contribution in [3.8, 4) is 0 Å². The van der Waals surface area contributed by atoms with Crippen LogP contribution >= 0.6 is 0 Å². The molecule has 1 aliphatic rings. The van der Waals surface area contributed by atoms with Crippen LogP contribution in [0.1, 0.15) is 6.42 Å². The van der Waals surface area contributed by atoms with E-state index in [4.69, 9.17) is 0 Å². The van der Waals surface area contributed by atoms with Crippen molar-refractivity contribution in [3.63, 3.8) is 0 Å². The van der Waals surface area contributed by atoms with Crippen molar-refractivity contribution >= 4 is 32.7 Å². The monoisotopic (exact) mass is 354 g/mol. The molecule has 0 N–H and O–H groups in total. The van der Waals surface area contributed by atoms with Gasteiger partial charge >= 0.3 is 0 Å². The van der Waals surface area contributed by atoms with Gasteiger partial charge in [-0.2, -0.15) is 0 Å². The summed E-state index contributed by atoms with van der Waals surface area (Å²) in [5.41, 5.74) is 1.44. The molecule has 7 heteroatoms. The number of aromatic nitrogens is 2. The Morgan fingerprint density at radius 3 is 2.12 bits per heavy atom. The molecule has 0 aliphatic carbocycles. The van der Waals surface area contributed by atoms with Crippen LogP contribution in [0.25, 0.3) is 11.0 Å². The van der Waals surface area contributed by atoms with Crippen LogP contribution in [0.4, 0.5) is 11.6 Å². The summed E-state index contributed by atoms with van der Waals surface area (Å²) in [7, 11) is -1.77. The molecule has 0 unspecified atom stereocenters. The summed E-state index contributed by atoms with van der Waals surface area (Å²) in [6.07, 6.45) is 0.705. The van der Waals surface area contributed by atoms with Crippen LogP contribution in [0.5, 0.6) is 0 Å². The molecule has 4 rings (SSSR count). The third-order valence-electron chi connectivity index (χ3n) is 4.32. The van der Waals surface area contributed by atoms with Gasteiger partial charge < -0.3 is 4.90 Å². The van der Waals surface area contributed by atoms with E-state index in [9.17, 15) is 8.42 Å². The minimum absolute atomic E-state index is 0.264. The predicted octanol–water partition coefficient (Wildman–Crippen LogP) is 2.67. The molecule has 1 aliphatic heterocycles. The zero-order valence-corrected chi connectivity index (χ0v) is 14.6. The van der Waals surface area contributed by atoms with Crippen LogP contribution in [0.15, 0.2) is 59.5 Å². The Bertz CT molecular complexity index is 1020. The van der Waals surface area contributed by atoms with E-state index in [0.717, 1.165) is 12.1 Å². The number of anilines is 2. The van der Waals surface area contributed by atoms with E-state index in [1.54, 1.807) is 30.3 Å². The lowest BCUT2D eigenvalue weighted by atomic mass is 10.3. The minimum atomic E-state index is -3.69. The second-order valence-corrected chi connectivity index (χ2v) is 7.89. The molecule has 1 aromatic heterocycles. The summed E-state index contributed by atoms with van der Waals surface area (Å²) in [5.74, 6) is 0.984. The summed E-state index contributed by atoms with van der Waals surface area (Å²) in [6, 6.07) is 16.0. The highest BCUT2D eigenvalue weighted by molar-refractivity contribution is 7.92. The maximum absolute atomic E-state index is 13.2. The Morgan fingerprint density at radius 2 is 1.44 bits per heavy atom. The van der Waals surface area contributed by atoms with E-state index in [1.807, 2.05) is 36.2 Å². The standard InChI is InChI=1S/C18H18N4O2S/c1-21-12-7-13-22(25(23,24)14-8-3-2-4-9-14)18-17(21)19-15-10-5-6-11-16(15)20-18/h2-6,8-11H,7,12-13H2,1H3. The first-order valence-corrected chi connectivity index (χ1v) is 9.57. The van der Waals surface area contributed by atoms with Gasteiger partial charge in [-0.3, -0.25) is 0 Å². The number of nitrogens with zero attached hydrogens (tertiary/aromatic N) is 4. The normalized spacial score (nSPS) is 15.1. The number of hydrogen-bond donors (Lipinski definition) is 0. The Hall–Kier alpha value is -2.67. The van der Waals surface area contributed by atoms with Gasteiger partial charge in [-0.25, -0.2) is 22.7 Å². The van der Waals surface area contributed by atoms with Crippen molar-refractivity contribution in [1.29, 1.82) is 0 Å². The molecular formula is C18H18N4O2S. The average molecular weight is 354 g/mol. The maximum Gasteiger partial charge on any atom is 0.265 e. The zero-order chi connectivity index (χ0) is 17.4. The van der Waals surface area contributed by atoms with Gasteiger partial charge in [0.15, 0.2) is 11.6 Å². The average Bonchev–Trinajstić information content (AvgIpc) is 2.80. The van der Waals surface area contributed by atoms with Crippen molar-refractivity contribution in [2.75, 3.05) is 29.3 Å². The van der Waals surface area contributed by atoms with Gasteiger partial charge in [0.1, 0.15) is 0 Å². The fourth-order valence-corrected chi connectivity index (χ4v) is 4.50. The molecular weight excluding hydrogens is 336 g/mol. The second kappa shape index (κ2) is 6.00. The molecule has 6 nitrogen and oxygen atoms in total. The van der Waals surface area contributed by atoms with Crippen molar-refractivity contribution < 1.29 is 8.42 Å². The molecule has 3 aromatic rings. The summed E-state index contributed by atoms with van der Waals surface area (Å²) in [4.78, 5) is 11.5. The van der Waals surface area contributed by atoms with Crippen molar-refractivity contribution in [2.45, 2.75) is 11.3 Å². The first-order chi connectivity index (χ1) is 12.1. The topological polar surface area (TPSA) is 66.4 Å². The van der Waals surface area contributed by atoms with E-state index in [-0.39, 0.29) is 4.90 Å². The molecule has 0 amide bonds. The number of sulfonamides is 1. The van der Waals surface area contributed by atoms with Crippen molar-refractivity contribution in [3.05, 3.63) is 54.6 Å². The first-order valence-electron chi connectivity index (χ1n) is 8.13. The van der Waals surface area contributed by atoms with E-state index >= 15 is 0 Å². The molecule has 0 fully saturated rings. The molecule has 25 heavy (non-hydrogen) atoms. The first kappa shape index (κ1) is 15.8. The molecule has 0 atom stereocenters. The van der Waals surface area contributed by atoms with Crippen LogP contribution in [-0.2, 0) is 10.0 Å². The fourth-order valence-electron chi connectivity index (χ4n) is 3.02. The second-order valence-electron chi connectivity index (χ2n) is 6.02. The van der Waals surface area contributed by atoms with E-state index < -0.39 is 10.0 Å². The van der Waals surface area contributed by atoms with Gasteiger partial charge in [0.2, 0.25) is 0 Å². The van der Waals surface area contributed by atoms with Crippen LogP contribution < -0.4 is 9.21 Å². The smallest absolute Gasteiger partial charge is 0.265 e. The lowest BCUT2D eigenvalue weighted by molar-refractivity contribution is 0.589. The Morgan fingerprint density at radius 1 is 0.840 bits per heavy atom. The number of fused-ring (bicyclic) bond motifs is 2. The molecule has 0 saturated carbocycles. The van der Waals surface area contributed by atoms with Crippen LogP contribution in [-0.4, -0.2) is 38.5 Å². The summed E-state index contributed by atoms with van der Waals surface area (Å²) >= 11 is 0. The third-order valence-corrected chi connectivity index (χ3v) is 6.12. The third kappa shape index (κ3) is 2.70. The van der Waals surface area contributed by atoms with Crippen LogP contribution in [0.2, 0.25) is 0 Å². The van der Waals surface area contributed by atoms with Gasteiger partial charge in [-0.1, -0.05) is 30.3 Å². The lowest BCUT2D eigenvalue weighted by Gasteiger charge is -2.24. The molecule has 0 bridgehead atoms. The van der Waals surface area contributed by atoms with Gasteiger partial charge in [-0.05, 0) is 30.7 Å². The van der Waals surface area contributed by atoms with E-state index in [1.165, 1.54) is 4.31 Å². The predicted molar refractivity (Wildman–Crippen MR) is 98.4 cm³/mol. The molecule has 0 spiro atoms. The number of para-hydroxylation sites is 2. The Labute approximate surface area is 146 Å². The highest BCUT2D eigenvalue weighted by Gasteiger charge is 2.31. The largest absolute Gasteiger partial charge is 0.356 e. The highest BCUT2D eigenvalue weighted by atomic mass is 32.2. The van der Waals surface area contributed by atoms with E-state index in [2.05, 4.69) is 9.97 Å². The van der Waals surface area contributed by atoms with Crippen molar-refractivity contribution in [1.82, 2.24) is 9.97 Å². The quantitative estimate of drug-likeness (QED) is 0.708. The molecule has 0 radical (unpaired) electrons. The number of hydrogen-bond acceptors (Lipinski definition) is 5. The SMILES string of the molecule is CN1CCCN(S(=O)(=O)c2ccccc2)c2nc3ccccc3nc21. The molecule has 0 saturated heterocycles. The number of rotatable bonds is 2. The van der Waals surface area contributed by atoms with Crippen LogP contribution in [0.3, 0.4) is 0 Å². The van der Waals surface area contributed by atoms with Gasteiger partial charge in [0.25, 0.3) is 10.0 Å². The highest BCUT2D eigenvalue weighted by Crippen LogP contribution is 2.33. The Balaban J connectivity index is 1.94. The van der Waals surface area contributed by atoms with Gasteiger partial charge in [-0.15, -0.1) is 0 Å². The number of benzene rings is 2. The summed E-state index contributed by atoms with van der Waals surface area (Å²) < 4.78 is 27.8. The maximum atomic E-state index is 13.2. The zero-order valence-electron chi connectivity index (χ0n) is 13.8. The molecule has 2 aromatic carbocycles. The fraction of sp³-hybridized carbons (Fsp3) is 0.222. The summed E-state index contributed by atoms with van der Waals surface area (Å²) in [6.45, 7) is 1.10. The van der Waals surface area contributed by atoms with Crippen LogP contribution in [0, 0.1) is 0 Å². The molecule has 128 valence electrons. The van der Waals surface area contributed by atoms with E-state index in [0.29, 0.717) is 30.1 Å².